The van der Waals surface area contributed by atoms with E-state index in [0.717, 1.165) is 0 Å². The summed E-state index contributed by atoms with van der Waals surface area (Å²) in [5.41, 5.74) is 0. The van der Waals surface area contributed by atoms with Crippen molar-refractivity contribution in [2.75, 3.05) is 20.3 Å². The van der Waals surface area contributed by atoms with Crippen molar-refractivity contribution in [3.63, 3.8) is 0 Å². The lowest BCUT2D eigenvalue weighted by Crippen LogP contribution is -2.56. The van der Waals surface area contributed by atoms with Crippen molar-refractivity contribution in [1.29, 1.82) is 0 Å². The van der Waals surface area contributed by atoms with Gasteiger partial charge in [0, 0.05) is 27.2 Å². The summed E-state index contributed by atoms with van der Waals surface area (Å²) in [5.74, 6) is -0.0175. The lowest BCUT2D eigenvalue weighted by Gasteiger charge is -2.33. The molecule has 0 aliphatic heterocycles. The minimum Gasteiger partial charge on any atom is -0.379 e. The van der Waals surface area contributed by atoms with Gasteiger partial charge in [0.25, 0.3) is 0 Å². The molecule has 0 aromatic carbocycles. The Hall–Kier alpha value is -0.393. The number of hydrogen-bond donors (Lipinski definition) is 0. The van der Waals surface area contributed by atoms with Gasteiger partial charge in [-0.05, 0) is 20.4 Å². The monoisotopic (exact) mass is 205 g/mol. The molecule has 0 radical (unpaired) electrons. The number of carbonyl (C=O) groups is 1. The molecule has 0 unspecified atom stereocenters. The third kappa shape index (κ3) is 3.46. The Morgan fingerprint density at radius 2 is 1.69 bits per heavy atom. The lowest BCUT2D eigenvalue weighted by atomic mass is 10.7. The van der Waals surface area contributed by atoms with E-state index in [1.165, 1.54) is 6.92 Å². The molecule has 1 amide bonds. The molecule has 0 spiro atoms. The first kappa shape index (κ1) is 12.6. The predicted molar refractivity (Wildman–Crippen MR) is 53.3 cm³/mol. The summed E-state index contributed by atoms with van der Waals surface area (Å²) in [6, 6.07) is 0. The zero-order valence-corrected chi connectivity index (χ0v) is 10.1. The number of nitrogens with zero attached hydrogens (tertiary/aromatic N) is 1. The Balaban J connectivity index is 4.45. The van der Waals surface area contributed by atoms with Crippen molar-refractivity contribution in [3.05, 3.63) is 0 Å². The van der Waals surface area contributed by atoms with Crippen LogP contribution < -0.4 is 0 Å². The average molecular weight is 205 g/mol. The summed E-state index contributed by atoms with van der Waals surface area (Å²) in [5, 5.41) is 0. The Kier molecular flexibility index (Phi) is 5.20. The lowest BCUT2D eigenvalue weighted by molar-refractivity contribution is -0.125. The third-order valence-electron chi connectivity index (χ3n) is 1.91. The molecule has 4 nitrogen and oxygen atoms in total. The zero-order valence-electron chi connectivity index (χ0n) is 9.09. The molecule has 0 saturated heterocycles. The van der Waals surface area contributed by atoms with Gasteiger partial charge in [-0.1, -0.05) is 0 Å². The number of rotatable bonds is 5. The van der Waals surface area contributed by atoms with Crippen LogP contribution in [0.15, 0.2) is 0 Å². The fourth-order valence-electron chi connectivity index (χ4n) is 1.06. The number of amides is 1. The van der Waals surface area contributed by atoms with E-state index in [1.54, 1.807) is 11.6 Å². The van der Waals surface area contributed by atoms with Gasteiger partial charge < -0.3 is 13.4 Å². The Morgan fingerprint density at radius 3 is 1.92 bits per heavy atom. The van der Waals surface area contributed by atoms with Gasteiger partial charge in [-0.3, -0.25) is 4.79 Å². The van der Waals surface area contributed by atoms with E-state index in [2.05, 4.69) is 0 Å². The smallest absolute Gasteiger partial charge is 0.379 e. The van der Waals surface area contributed by atoms with Crippen molar-refractivity contribution >= 4 is 14.6 Å². The highest BCUT2D eigenvalue weighted by Crippen LogP contribution is 2.11. The molecular weight excluding hydrogens is 186 g/mol. The molecule has 0 aromatic rings. The fourth-order valence-corrected chi connectivity index (χ4v) is 3.17. The minimum atomic E-state index is -2.43. The molecule has 0 fully saturated rings. The highest BCUT2D eigenvalue weighted by molar-refractivity contribution is 6.65. The molecule has 0 atom stereocenters. The summed E-state index contributed by atoms with van der Waals surface area (Å²) in [6.07, 6.45) is 0. The molecule has 0 rings (SSSR count). The van der Waals surface area contributed by atoms with Gasteiger partial charge in [-0.2, -0.15) is 0 Å². The van der Waals surface area contributed by atoms with Gasteiger partial charge in [0.2, 0.25) is 5.91 Å². The Bertz CT molecular complexity index is 169. The van der Waals surface area contributed by atoms with Crippen molar-refractivity contribution in [3.8, 4) is 0 Å². The van der Waals surface area contributed by atoms with E-state index in [0.29, 0.717) is 13.2 Å². The molecule has 0 heterocycles. The van der Waals surface area contributed by atoms with Crippen LogP contribution in [-0.4, -0.2) is 39.5 Å². The maximum Gasteiger partial charge on any atom is 0.458 e. The van der Waals surface area contributed by atoms with Crippen LogP contribution in [0.3, 0.4) is 0 Å². The molecule has 78 valence electrons. The van der Waals surface area contributed by atoms with E-state index < -0.39 is 8.72 Å². The van der Waals surface area contributed by atoms with E-state index in [9.17, 15) is 4.79 Å². The van der Waals surface area contributed by atoms with Gasteiger partial charge in [-0.15, -0.1) is 0 Å². The molecule has 0 N–H and O–H groups in total. The van der Waals surface area contributed by atoms with Crippen LogP contribution in [0.4, 0.5) is 0 Å². The van der Waals surface area contributed by atoms with Crippen molar-refractivity contribution in [2.45, 2.75) is 27.3 Å². The summed E-state index contributed by atoms with van der Waals surface area (Å²) in [6.45, 7) is 8.34. The highest BCUT2D eigenvalue weighted by atomic mass is 28.4. The van der Waals surface area contributed by atoms with Gasteiger partial charge in [0.15, 0.2) is 0 Å². The summed E-state index contributed by atoms with van der Waals surface area (Å²) < 4.78 is 12.6. The summed E-state index contributed by atoms with van der Waals surface area (Å²) in [7, 11) is -0.710. The molecule has 0 aromatic heterocycles. The minimum absolute atomic E-state index is 0.0175. The Labute approximate surface area is 81.1 Å². The average Bonchev–Trinajstić information content (AvgIpc) is 2.03. The fraction of sp³-hybridized carbons (Fsp3) is 0.875. The molecule has 0 aliphatic rings. The second-order valence-electron chi connectivity index (χ2n) is 2.84. The van der Waals surface area contributed by atoms with Crippen molar-refractivity contribution in [2.24, 2.45) is 0 Å². The Morgan fingerprint density at radius 1 is 1.31 bits per heavy atom. The quantitative estimate of drug-likeness (QED) is 0.631. The van der Waals surface area contributed by atoms with E-state index >= 15 is 0 Å². The third-order valence-corrected chi connectivity index (χ3v) is 5.09. The van der Waals surface area contributed by atoms with Gasteiger partial charge in [-0.25, -0.2) is 0 Å². The maximum absolute atomic E-state index is 11.1. The van der Waals surface area contributed by atoms with Crippen LogP contribution in [0.25, 0.3) is 0 Å². The van der Waals surface area contributed by atoms with E-state index in [4.69, 9.17) is 8.85 Å². The first-order chi connectivity index (χ1) is 5.98. The van der Waals surface area contributed by atoms with Crippen LogP contribution in [-0.2, 0) is 13.6 Å². The summed E-state index contributed by atoms with van der Waals surface area (Å²) in [4.78, 5) is 11.1. The van der Waals surface area contributed by atoms with Crippen LogP contribution in [0.5, 0.6) is 0 Å². The van der Waals surface area contributed by atoms with Crippen LogP contribution >= 0.6 is 0 Å². The number of hydrogen-bond acceptors (Lipinski definition) is 3. The first-order valence-electron chi connectivity index (χ1n) is 4.50. The van der Waals surface area contributed by atoms with Crippen molar-refractivity contribution < 1.29 is 13.6 Å². The van der Waals surface area contributed by atoms with Crippen LogP contribution in [0.2, 0.25) is 6.55 Å². The summed E-state index contributed by atoms with van der Waals surface area (Å²) >= 11 is 0. The molecule has 0 bridgehead atoms. The van der Waals surface area contributed by atoms with Crippen LogP contribution in [0, 0.1) is 0 Å². The predicted octanol–water partition coefficient (Wildman–Crippen LogP) is 1.11. The molecule has 13 heavy (non-hydrogen) atoms. The van der Waals surface area contributed by atoms with Gasteiger partial charge >= 0.3 is 8.72 Å². The molecule has 0 aliphatic carbocycles. The van der Waals surface area contributed by atoms with E-state index in [-0.39, 0.29) is 5.91 Å². The van der Waals surface area contributed by atoms with Gasteiger partial charge in [0.1, 0.15) is 0 Å². The van der Waals surface area contributed by atoms with Crippen molar-refractivity contribution in [1.82, 2.24) is 4.57 Å². The van der Waals surface area contributed by atoms with Crippen LogP contribution in [0.1, 0.15) is 20.8 Å². The highest BCUT2D eigenvalue weighted by Gasteiger charge is 2.38. The largest absolute Gasteiger partial charge is 0.458 e. The normalized spacial score (nSPS) is 11.5. The molecule has 5 heteroatoms. The SMILES string of the molecule is CCO[Si](C)(OCC)N(C)C(C)=O. The van der Waals surface area contributed by atoms with E-state index in [1.807, 2.05) is 20.4 Å². The number of carbonyl (C=O) groups excluding carboxylic acids is 1. The zero-order chi connectivity index (χ0) is 10.5. The maximum atomic E-state index is 11.1. The van der Waals surface area contributed by atoms with Gasteiger partial charge in [0.05, 0.1) is 0 Å². The second-order valence-corrected chi connectivity index (χ2v) is 5.89. The topological polar surface area (TPSA) is 38.8 Å². The first-order valence-corrected chi connectivity index (χ1v) is 6.76. The molecule has 0 saturated carbocycles. The molecular formula is C8H19NO3Si. The second kappa shape index (κ2) is 5.36. The standard InChI is InChI=1S/C8H19NO3Si/c1-6-11-13(5,12-7-2)9(4)8(3)10/h6-7H2,1-5H3.